The van der Waals surface area contributed by atoms with Crippen molar-refractivity contribution in [2.24, 2.45) is 0 Å². The van der Waals surface area contributed by atoms with Gasteiger partial charge in [0.05, 0.1) is 4.90 Å². The van der Waals surface area contributed by atoms with Gasteiger partial charge in [0.15, 0.2) is 0 Å². The summed E-state index contributed by atoms with van der Waals surface area (Å²) in [6.07, 6.45) is 0. The molecule has 0 saturated carbocycles. The van der Waals surface area contributed by atoms with Crippen LogP contribution in [0.15, 0.2) is 71.6 Å². The van der Waals surface area contributed by atoms with Crippen molar-refractivity contribution in [3.8, 4) is 0 Å². The average Bonchev–Trinajstić information content (AvgIpc) is 2.63. The molecule has 0 atom stereocenters. The third-order valence-corrected chi connectivity index (χ3v) is 5.61. The Kier molecular flexibility index (Phi) is 5.51. The second kappa shape index (κ2) is 7.86. The first kappa shape index (κ1) is 19.6. The minimum absolute atomic E-state index is 0.0935. The number of carbonyl (C=O) groups excluding carboxylic acids is 1. The summed E-state index contributed by atoms with van der Waals surface area (Å²) >= 11 is 0. The lowest BCUT2D eigenvalue weighted by Crippen LogP contribution is -2.15. The molecule has 0 unspecified atom stereocenters. The van der Waals surface area contributed by atoms with Crippen molar-refractivity contribution >= 4 is 27.3 Å². The lowest BCUT2D eigenvalue weighted by atomic mass is 10.1. The molecule has 0 spiro atoms. The van der Waals surface area contributed by atoms with E-state index >= 15 is 0 Å². The van der Waals surface area contributed by atoms with Crippen molar-refractivity contribution in [3.05, 3.63) is 89.0 Å². The molecule has 0 aromatic heterocycles. The highest BCUT2D eigenvalue weighted by molar-refractivity contribution is 7.92. The number of rotatable bonds is 5. The summed E-state index contributed by atoms with van der Waals surface area (Å²) in [5, 5.41) is 2.84. The van der Waals surface area contributed by atoms with Crippen LogP contribution in [0.4, 0.5) is 11.4 Å². The molecule has 0 saturated heterocycles. The number of benzene rings is 3. The molecule has 0 heterocycles. The zero-order chi connectivity index (χ0) is 20.3. The second-order valence-corrected chi connectivity index (χ2v) is 8.51. The quantitative estimate of drug-likeness (QED) is 0.661. The van der Waals surface area contributed by atoms with Crippen LogP contribution < -0.4 is 10.0 Å². The van der Waals surface area contributed by atoms with Crippen molar-refractivity contribution in [3.63, 3.8) is 0 Å². The normalized spacial score (nSPS) is 11.1. The van der Waals surface area contributed by atoms with E-state index in [0.29, 0.717) is 16.9 Å². The molecule has 144 valence electrons. The number of sulfonamides is 1. The van der Waals surface area contributed by atoms with E-state index in [4.69, 9.17) is 0 Å². The molecule has 0 aliphatic heterocycles. The van der Waals surface area contributed by atoms with Crippen LogP contribution in [0.5, 0.6) is 0 Å². The molecule has 0 aliphatic rings. The van der Waals surface area contributed by atoms with Gasteiger partial charge in [0, 0.05) is 16.9 Å². The molecule has 5 nitrogen and oxygen atoms in total. The van der Waals surface area contributed by atoms with Gasteiger partial charge in [-0.2, -0.15) is 0 Å². The van der Waals surface area contributed by atoms with Gasteiger partial charge in [-0.3, -0.25) is 9.52 Å². The van der Waals surface area contributed by atoms with E-state index in [1.54, 1.807) is 12.1 Å². The van der Waals surface area contributed by atoms with Gasteiger partial charge in [-0.1, -0.05) is 23.8 Å². The topological polar surface area (TPSA) is 75.3 Å². The van der Waals surface area contributed by atoms with Gasteiger partial charge in [-0.15, -0.1) is 0 Å². The predicted octanol–water partition coefficient (Wildman–Crippen LogP) is 4.66. The third kappa shape index (κ3) is 4.78. The highest BCUT2D eigenvalue weighted by Crippen LogP contribution is 2.19. The Labute approximate surface area is 165 Å². The molecule has 0 aliphatic carbocycles. The maximum absolute atomic E-state index is 12.5. The fraction of sp³-hybridized carbons (Fsp3) is 0.136. The van der Waals surface area contributed by atoms with Gasteiger partial charge in [-0.05, 0) is 80.4 Å². The van der Waals surface area contributed by atoms with Crippen molar-refractivity contribution in [1.29, 1.82) is 0 Å². The molecular formula is C22H22N2O3S. The van der Waals surface area contributed by atoms with Crippen LogP contribution >= 0.6 is 0 Å². The molecule has 0 fully saturated rings. The van der Waals surface area contributed by atoms with E-state index in [-0.39, 0.29) is 10.8 Å². The predicted molar refractivity (Wildman–Crippen MR) is 112 cm³/mol. The minimum Gasteiger partial charge on any atom is -0.322 e. The van der Waals surface area contributed by atoms with Gasteiger partial charge >= 0.3 is 0 Å². The maximum Gasteiger partial charge on any atom is 0.261 e. The monoisotopic (exact) mass is 394 g/mol. The van der Waals surface area contributed by atoms with E-state index in [2.05, 4.69) is 10.0 Å². The van der Waals surface area contributed by atoms with Gasteiger partial charge < -0.3 is 5.32 Å². The third-order valence-electron chi connectivity index (χ3n) is 4.21. The minimum atomic E-state index is -3.72. The molecular weight excluding hydrogens is 372 g/mol. The fourth-order valence-corrected chi connectivity index (χ4v) is 3.93. The van der Waals surface area contributed by atoms with E-state index in [0.717, 1.165) is 16.7 Å². The zero-order valence-electron chi connectivity index (χ0n) is 16.0. The van der Waals surface area contributed by atoms with Crippen molar-refractivity contribution < 1.29 is 13.2 Å². The first-order valence-corrected chi connectivity index (χ1v) is 10.3. The number of carbonyl (C=O) groups is 1. The average molecular weight is 394 g/mol. The molecule has 28 heavy (non-hydrogen) atoms. The standard InChI is InChI=1S/C22H22N2O3S/c1-15-4-8-19(9-5-15)24-28(26,27)21-10-6-18(7-11-21)22(25)23-20-13-16(2)12-17(3)14-20/h4-14,24H,1-3H3,(H,23,25). The Balaban J connectivity index is 1.74. The number of aryl methyl sites for hydroxylation is 3. The van der Waals surface area contributed by atoms with E-state index in [1.165, 1.54) is 24.3 Å². The number of amides is 1. The summed E-state index contributed by atoms with van der Waals surface area (Å²) in [6.45, 7) is 5.85. The van der Waals surface area contributed by atoms with Crippen LogP contribution in [-0.2, 0) is 10.0 Å². The second-order valence-electron chi connectivity index (χ2n) is 6.83. The van der Waals surface area contributed by atoms with E-state index in [1.807, 2.05) is 51.1 Å². The number of anilines is 2. The molecule has 0 radical (unpaired) electrons. The van der Waals surface area contributed by atoms with Gasteiger partial charge in [0.1, 0.15) is 0 Å². The van der Waals surface area contributed by atoms with Crippen molar-refractivity contribution in [1.82, 2.24) is 0 Å². The van der Waals surface area contributed by atoms with Crippen LogP contribution in [0.1, 0.15) is 27.0 Å². The molecule has 0 bridgehead atoms. The lowest BCUT2D eigenvalue weighted by Gasteiger charge is -2.10. The Morgan fingerprint density at radius 1 is 0.714 bits per heavy atom. The SMILES string of the molecule is Cc1ccc(NS(=O)(=O)c2ccc(C(=O)Nc3cc(C)cc(C)c3)cc2)cc1. The summed E-state index contributed by atoms with van der Waals surface area (Å²) in [6, 6.07) is 18.7. The Morgan fingerprint density at radius 2 is 1.29 bits per heavy atom. The summed E-state index contributed by atoms with van der Waals surface area (Å²) in [5.74, 6) is -0.291. The molecule has 3 aromatic rings. The summed E-state index contributed by atoms with van der Waals surface area (Å²) in [7, 11) is -3.72. The smallest absolute Gasteiger partial charge is 0.261 e. The fourth-order valence-electron chi connectivity index (χ4n) is 2.87. The summed E-state index contributed by atoms with van der Waals surface area (Å²) < 4.78 is 27.6. The van der Waals surface area contributed by atoms with E-state index in [9.17, 15) is 13.2 Å². The number of hydrogen-bond acceptors (Lipinski definition) is 3. The van der Waals surface area contributed by atoms with Crippen molar-refractivity contribution in [2.45, 2.75) is 25.7 Å². The molecule has 1 amide bonds. The lowest BCUT2D eigenvalue weighted by molar-refractivity contribution is 0.102. The van der Waals surface area contributed by atoms with Gasteiger partial charge in [0.25, 0.3) is 15.9 Å². The Bertz CT molecular complexity index is 1080. The first-order valence-electron chi connectivity index (χ1n) is 8.82. The first-order chi connectivity index (χ1) is 13.2. The molecule has 6 heteroatoms. The summed E-state index contributed by atoms with van der Waals surface area (Å²) in [5.41, 5.74) is 4.73. The Hall–Kier alpha value is -3.12. The maximum atomic E-state index is 12.5. The zero-order valence-corrected chi connectivity index (χ0v) is 16.8. The van der Waals surface area contributed by atoms with E-state index < -0.39 is 10.0 Å². The van der Waals surface area contributed by atoms with Crippen LogP contribution in [0.3, 0.4) is 0 Å². The highest BCUT2D eigenvalue weighted by atomic mass is 32.2. The van der Waals surface area contributed by atoms with Crippen LogP contribution in [0.25, 0.3) is 0 Å². The van der Waals surface area contributed by atoms with Crippen molar-refractivity contribution in [2.75, 3.05) is 10.0 Å². The largest absolute Gasteiger partial charge is 0.322 e. The highest BCUT2D eigenvalue weighted by Gasteiger charge is 2.15. The molecule has 2 N–H and O–H groups in total. The summed E-state index contributed by atoms with van der Waals surface area (Å²) in [4.78, 5) is 12.5. The molecule has 3 rings (SSSR count). The van der Waals surface area contributed by atoms with Gasteiger partial charge in [0.2, 0.25) is 0 Å². The number of hydrogen-bond donors (Lipinski definition) is 2. The van der Waals surface area contributed by atoms with Gasteiger partial charge in [-0.25, -0.2) is 8.42 Å². The molecule has 3 aromatic carbocycles. The Morgan fingerprint density at radius 3 is 1.86 bits per heavy atom. The van der Waals surface area contributed by atoms with Crippen LogP contribution in [0.2, 0.25) is 0 Å². The van der Waals surface area contributed by atoms with Crippen LogP contribution in [-0.4, -0.2) is 14.3 Å². The van der Waals surface area contributed by atoms with Crippen LogP contribution in [0, 0.1) is 20.8 Å². The number of nitrogens with one attached hydrogen (secondary N) is 2.